The summed E-state index contributed by atoms with van der Waals surface area (Å²) in [6.07, 6.45) is 7.87. The Morgan fingerprint density at radius 2 is 1.59 bits per heavy atom. The first-order valence-corrected chi connectivity index (χ1v) is 10.5. The van der Waals surface area contributed by atoms with Crippen LogP contribution in [-0.2, 0) is 14.3 Å². The third kappa shape index (κ3) is 2.55. The molecule has 0 radical (unpaired) electrons. The number of hydrogen-bond donors (Lipinski definition) is 0. The van der Waals surface area contributed by atoms with Crippen molar-refractivity contribution in [2.45, 2.75) is 63.8 Å². The molecule has 4 fully saturated rings. The number of rotatable bonds is 2. The molecule has 1 aliphatic heterocycles. The standard InChI is InChI=1S/C23H29NO3/c1-14-7-19(21(25)27-2)18-5-3-4-6-20(18)24(14)22(26)23-11-15-8-16(12-23)10-17(9-15)13-23/h3-6,14-17,19H,7-13H2,1-2H3. The molecule has 1 aromatic carbocycles. The molecule has 4 aliphatic carbocycles. The van der Waals surface area contributed by atoms with Gasteiger partial charge < -0.3 is 9.64 Å². The Kier molecular flexibility index (Phi) is 3.89. The van der Waals surface area contributed by atoms with Gasteiger partial charge in [0.1, 0.15) is 0 Å². The summed E-state index contributed by atoms with van der Waals surface area (Å²) >= 11 is 0. The van der Waals surface area contributed by atoms with Crippen molar-refractivity contribution in [1.29, 1.82) is 0 Å². The molecule has 1 amide bonds. The minimum absolute atomic E-state index is 0.0181. The maximum Gasteiger partial charge on any atom is 0.313 e. The summed E-state index contributed by atoms with van der Waals surface area (Å²) in [4.78, 5) is 28.4. The molecule has 0 saturated heterocycles. The molecule has 0 spiro atoms. The molecular formula is C23H29NO3. The van der Waals surface area contributed by atoms with Crippen molar-refractivity contribution in [3.8, 4) is 0 Å². The first-order valence-electron chi connectivity index (χ1n) is 10.5. The monoisotopic (exact) mass is 367 g/mol. The Balaban J connectivity index is 1.53. The summed E-state index contributed by atoms with van der Waals surface area (Å²) < 4.78 is 5.05. The first kappa shape index (κ1) is 17.3. The van der Waals surface area contributed by atoms with Crippen LogP contribution >= 0.6 is 0 Å². The van der Waals surface area contributed by atoms with Crippen LogP contribution in [0.15, 0.2) is 24.3 Å². The molecule has 2 unspecified atom stereocenters. The van der Waals surface area contributed by atoms with Gasteiger partial charge in [-0.15, -0.1) is 0 Å². The van der Waals surface area contributed by atoms with Gasteiger partial charge in [-0.05, 0) is 81.3 Å². The summed E-state index contributed by atoms with van der Waals surface area (Å²) in [5, 5.41) is 0. The second-order valence-electron chi connectivity index (χ2n) is 9.59. The van der Waals surface area contributed by atoms with E-state index in [2.05, 4.69) is 6.92 Å². The zero-order valence-corrected chi connectivity index (χ0v) is 16.3. The molecule has 144 valence electrons. The van der Waals surface area contributed by atoms with Crippen molar-refractivity contribution in [3.63, 3.8) is 0 Å². The van der Waals surface area contributed by atoms with Gasteiger partial charge in [0.2, 0.25) is 5.91 Å². The number of anilines is 1. The second kappa shape index (κ2) is 6.08. The van der Waals surface area contributed by atoms with E-state index in [9.17, 15) is 9.59 Å². The number of hydrogen-bond acceptors (Lipinski definition) is 3. The number of nitrogens with zero attached hydrogens (tertiary/aromatic N) is 1. The van der Waals surface area contributed by atoms with E-state index in [1.54, 1.807) is 0 Å². The number of fused-ring (bicyclic) bond motifs is 1. The van der Waals surface area contributed by atoms with Gasteiger partial charge in [-0.1, -0.05) is 18.2 Å². The molecule has 4 nitrogen and oxygen atoms in total. The molecule has 2 atom stereocenters. The Bertz CT molecular complexity index is 750. The zero-order chi connectivity index (χ0) is 18.8. The van der Waals surface area contributed by atoms with E-state index < -0.39 is 0 Å². The van der Waals surface area contributed by atoms with E-state index in [0.717, 1.165) is 48.3 Å². The van der Waals surface area contributed by atoms with Gasteiger partial charge in [0.15, 0.2) is 0 Å². The SMILES string of the molecule is COC(=O)C1CC(C)N(C(=O)C23CC4CC(CC(C4)C2)C3)c2ccccc21. The molecule has 4 saturated carbocycles. The highest BCUT2D eigenvalue weighted by molar-refractivity contribution is 6.00. The normalized spacial score (nSPS) is 39.2. The van der Waals surface area contributed by atoms with Crippen LogP contribution in [0.25, 0.3) is 0 Å². The lowest BCUT2D eigenvalue weighted by atomic mass is 9.49. The van der Waals surface area contributed by atoms with Gasteiger partial charge in [-0.2, -0.15) is 0 Å². The summed E-state index contributed by atoms with van der Waals surface area (Å²) in [7, 11) is 1.45. The predicted octanol–water partition coefficient (Wildman–Crippen LogP) is 4.28. The van der Waals surface area contributed by atoms with Crippen LogP contribution < -0.4 is 4.90 Å². The Morgan fingerprint density at radius 1 is 1.00 bits per heavy atom. The number of ether oxygens (including phenoxy) is 1. The van der Waals surface area contributed by atoms with Gasteiger partial charge in [0.05, 0.1) is 18.4 Å². The molecule has 0 N–H and O–H groups in total. The summed E-state index contributed by atoms with van der Waals surface area (Å²) in [5.41, 5.74) is 1.71. The Morgan fingerprint density at radius 3 is 2.19 bits per heavy atom. The van der Waals surface area contributed by atoms with Gasteiger partial charge >= 0.3 is 5.97 Å². The Labute approximate surface area is 161 Å². The van der Waals surface area contributed by atoms with E-state index in [0.29, 0.717) is 12.3 Å². The summed E-state index contributed by atoms with van der Waals surface area (Å²) in [5.74, 6) is 2.10. The van der Waals surface area contributed by atoms with Crippen molar-refractivity contribution in [2.75, 3.05) is 12.0 Å². The average Bonchev–Trinajstić information content (AvgIpc) is 2.65. The van der Waals surface area contributed by atoms with E-state index in [4.69, 9.17) is 4.74 Å². The lowest BCUT2D eigenvalue weighted by Gasteiger charge is -2.57. The maximum atomic E-state index is 14.0. The van der Waals surface area contributed by atoms with Crippen LogP contribution in [-0.4, -0.2) is 25.0 Å². The largest absolute Gasteiger partial charge is 0.469 e. The van der Waals surface area contributed by atoms with Crippen LogP contribution in [0.5, 0.6) is 0 Å². The van der Waals surface area contributed by atoms with Gasteiger partial charge in [0.25, 0.3) is 0 Å². The first-order chi connectivity index (χ1) is 13.0. The molecule has 27 heavy (non-hydrogen) atoms. The number of carbonyl (C=O) groups is 2. The number of para-hydroxylation sites is 1. The average molecular weight is 367 g/mol. The number of benzene rings is 1. The van der Waals surface area contributed by atoms with Crippen molar-refractivity contribution in [3.05, 3.63) is 29.8 Å². The predicted molar refractivity (Wildman–Crippen MR) is 103 cm³/mol. The number of carbonyl (C=O) groups excluding carboxylic acids is 2. The topological polar surface area (TPSA) is 46.6 Å². The molecule has 0 aromatic heterocycles. The highest BCUT2D eigenvalue weighted by atomic mass is 16.5. The van der Waals surface area contributed by atoms with Crippen molar-refractivity contribution >= 4 is 17.6 Å². The fraction of sp³-hybridized carbons (Fsp3) is 0.652. The minimum Gasteiger partial charge on any atom is -0.469 e. The second-order valence-corrected chi connectivity index (χ2v) is 9.59. The quantitative estimate of drug-likeness (QED) is 0.733. The smallest absolute Gasteiger partial charge is 0.313 e. The lowest BCUT2D eigenvalue weighted by Crippen LogP contribution is -2.57. The number of methoxy groups -OCH3 is 1. The highest BCUT2D eigenvalue weighted by Crippen LogP contribution is 2.61. The lowest BCUT2D eigenvalue weighted by molar-refractivity contribution is -0.146. The number of esters is 1. The number of amides is 1. The van der Waals surface area contributed by atoms with Crippen molar-refractivity contribution in [2.24, 2.45) is 23.2 Å². The van der Waals surface area contributed by atoms with Crippen LogP contribution in [0.3, 0.4) is 0 Å². The third-order valence-corrected chi connectivity index (χ3v) is 7.79. The molecule has 5 aliphatic rings. The fourth-order valence-corrected chi connectivity index (χ4v) is 7.12. The van der Waals surface area contributed by atoms with E-state index >= 15 is 0 Å². The summed E-state index contributed by atoms with van der Waals surface area (Å²) in [6.45, 7) is 2.09. The van der Waals surface area contributed by atoms with Crippen LogP contribution in [0.2, 0.25) is 0 Å². The Hall–Kier alpha value is -1.84. The summed E-state index contributed by atoms with van der Waals surface area (Å²) in [6, 6.07) is 7.95. The van der Waals surface area contributed by atoms with E-state index in [-0.39, 0.29) is 23.3 Å². The van der Waals surface area contributed by atoms with Crippen LogP contribution in [0, 0.1) is 23.2 Å². The van der Waals surface area contributed by atoms with Gasteiger partial charge in [-0.25, -0.2) is 0 Å². The van der Waals surface area contributed by atoms with E-state index in [1.165, 1.54) is 26.4 Å². The van der Waals surface area contributed by atoms with Gasteiger partial charge in [-0.3, -0.25) is 9.59 Å². The molecule has 4 bridgehead atoms. The highest BCUT2D eigenvalue weighted by Gasteiger charge is 2.56. The van der Waals surface area contributed by atoms with Gasteiger partial charge in [0, 0.05) is 11.7 Å². The third-order valence-electron chi connectivity index (χ3n) is 7.79. The minimum atomic E-state index is -0.276. The van der Waals surface area contributed by atoms with Crippen LogP contribution in [0.1, 0.15) is 63.4 Å². The molecule has 1 heterocycles. The van der Waals surface area contributed by atoms with Crippen molar-refractivity contribution < 1.29 is 14.3 Å². The molecular weight excluding hydrogens is 338 g/mol. The van der Waals surface area contributed by atoms with Crippen LogP contribution in [0.4, 0.5) is 5.69 Å². The molecule has 6 rings (SSSR count). The molecule has 1 aromatic rings. The van der Waals surface area contributed by atoms with Crippen molar-refractivity contribution in [1.82, 2.24) is 0 Å². The zero-order valence-electron chi connectivity index (χ0n) is 16.3. The maximum absolute atomic E-state index is 14.0. The molecule has 4 heteroatoms. The fourth-order valence-electron chi connectivity index (χ4n) is 7.12. The van der Waals surface area contributed by atoms with E-state index in [1.807, 2.05) is 29.2 Å².